The second-order valence-electron chi connectivity index (χ2n) is 10.4. The highest BCUT2D eigenvalue weighted by Crippen LogP contribution is 2.41. The van der Waals surface area contributed by atoms with Crippen molar-refractivity contribution in [2.45, 2.75) is 58.4 Å². The van der Waals surface area contributed by atoms with Crippen LogP contribution in [0.15, 0.2) is 42.5 Å². The number of hydrogen-bond donors (Lipinski definition) is 2. The number of esters is 1. The first kappa shape index (κ1) is 32.9. The molecule has 10 heteroatoms. The van der Waals surface area contributed by atoms with Crippen LogP contribution in [0.25, 0.3) is 0 Å². The maximum absolute atomic E-state index is 13.6. The first-order chi connectivity index (χ1) is 19.7. The fourth-order valence-electron chi connectivity index (χ4n) is 5.23. The molecule has 0 heterocycles. The molecule has 0 unspecified atom stereocenters. The van der Waals surface area contributed by atoms with Crippen LogP contribution in [0, 0.1) is 5.41 Å². The van der Waals surface area contributed by atoms with Crippen LogP contribution in [0.3, 0.4) is 0 Å². The molecule has 0 aliphatic heterocycles. The van der Waals surface area contributed by atoms with Crippen molar-refractivity contribution in [3.63, 3.8) is 0 Å². The Kier molecular flexibility index (Phi) is 12.9. The van der Waals surface area contributed by atoms with Gasteiger partial charge in [0.2, 0.25) is 5.91 Å². The van der Waals surface area contributed by atoms with Crippen LogP contribution in [0.2, 0.25) is 10.0 Å². The summed E-state index contributed by atoms with van der Waals surface area (Å²) in [5.74, 6) is -1.01. The van der Waals surface area contributed by atoms with Crippen molar-refractivity contribution in [3.05, 3.63) is 63.6 Å². The minimum atomic E-state index is -0.846. The molecule has 1 atom stereocenters. The van der Waals surface area contributed by atoms with Gasteiger partial charge in [-0.3, -0.25) is 9.59 Å². The molecule has 2 N–H and O–H groups in total. The predicted molar refractivity (Wildman–Crippen MR) is 163 cm³/mol. The zero-order chi connectivity index (χ0) is 29.8. The van der Waals surface area contributed by atoms with Crippen LogP contribution in [0.5, 0.6) is 0 Å². The number of amides is 2. The van der Waals surface area contributed by atoms with Crippen LogP contribution in [-0.2, 0) is 25.5 Å². The van der Waals surface area contributed by atoms with E-state index in [1.54, 1.807) is 37.4 Å². The van der Waals surface area contributed by atoms with Gasteiger partial charge in [0.15, 0.2) is 0 Å². The van der Waals surface area contributed by atoms with Gasteiger partial charge in [-0.05, 0) is 62.2 Å². The van der Waals surface area contributed by atoms with E-state index in [4.69, 9.17) is 32.7 Å². The van der Waals surface area contributed by atoms with E-state index in [-0.39, 0.29) is 34.5 Å². The fourth-order valence-corrected chi connectivity index (χ4v) is 5.80. The molecule has 8 nitrogen and oxygen atoms in total. The lowest BCUT2D eigenvalue weighted by atomic mass is 9.81. The number of nitrogens with zero attached hydrogens (tertiary/aromatic N) is 1. The second kappa shape index (κ2) is 16.1. The van der Waals surface area contributed by atoms with Crippen molar-refractivity contribution < 1.29 is 23.9 Å². The third-order valence-corrected chi connectivity index (χ3v) is 8.43. The molecule has 2 amide bonds. The van der Waals surface area contributed by atoms with Gasteiger partial charge in [-0.1, -0.05) is 68.1 Å². The maximum Gasteiger partial charge on any atom is 0.329 e. The molecule has 0 spiro atoms. The Morgan fingerprint density at radius 3 is 2.20 bits per heavy atom. The summed E-state index contributed by atoms with van der Waals surface area (Å²) in [7, 11) is 1.63. The number of methoxy groups -OCH3 is 1. The van der Waals surface area contributed by atoms with Crippen molar-refractivity contribution in [2.75, 3.05) is 45.3 Å². The average molecular weight is 607 g/mol. The second-order valence-corrected chi connectivity index (χ2v) is 11.2. The Morgan fingerprint density at radius 2 is 1.61 bits per heavy atom. The lowest BCUT2D eigenvalue weighted by Gasteiger charge is -2.30. The number of carbonyl (C=O) groups excluding carboxylic acids is 3. The minimum Gasteiger partial charge on any atom is -0.463 e. The fraction of sp³-hybridized carbons (Fsp3) is 0.516. The molecule has 1 saturated carbocycles. The molecule has 3 rings (SSSR count). The van der Waals surface area contributed by atoms with E-state index in [1.165, 1.54) is 0 Å². The zero-order valence-electron chi connectivity index (χ0n) is 24.1. The number of nitrogens with one attached hydrogen (secondary N) is 2. The number of likely N-dealkylation sites (N-methyl/N-ethyl adjacent to an activating group) is 1. The zero-order valence-corrected chi connectivity index (χ0v) is 25.7. The van der Waals surface area contributed by atoms with E-state index < -0.39 is 23.3 Å². The molecule has 0 bridgehead atoms. The molecule has 2 aromatic carbocycles. The summed E-state index contributed by atoms with van der Waals surface area (Å²) in [5, 5.41) is 6.34. The first-order valence-corrected chi connectivity index (χ1v) is 15.0. The number of ether oxygens (including phenoxy) is 2. The topological polar surface area (TPSA) is 97.0 Å². The van der Waals surface area contributed by atoms with E-state index in [2.05, 4.69) is 29.4 Å². The number of anilines is 1. The van der Waals surface area contributed by atoms with E-state index in [0.717, 1.165) is 44.3 Å². The Morgan fingerprint density at radius 1 is 0.976 bits per heavy atom. The summed E-state index contributed by atoms with van der Waals surface area (Å²) in [6.45, 7) is 7.20. The van der Waals surface area contributed by atoms with Gasteiger partial charge >= 0.3 is 5.97 Å². The van der Waals surface area contributed by atoms with Gasteiger partial charge < -0.3 is 25.0 Å². The molecule has 2 aromatic rings. The smallest absolute Gasteiger partial charge is 0.329 e. The molecular weight excluding hydrogens is 565 g/mol. The molecule has 0 radical (unpaired) electrons. The number of halogens is 2. The molecule has 0 aromatic heterocycles. The number of rotatable bonds is 15. The van der Waals surface area contributed by atoms with E-state index >= 15 is 0 Å². The van der Waals surface area contributed by atoms with Crippen LogP contribution in [0.1, 0.15) is 61.9 Å². The Labute approximate surface area is 253 Å². The average Bonchev–Trinajstić information content (AvgIpc) is 3.45. The van der Waals surface area contributed by atoms with Crippen molar-refractivity contribution >= 4 is 46.7 Å². The van der Waals surface area contributed by atoms with E-state index in [9.17, 15) is 14.4 Å². The summed E-state index contributed by atoms with van der Waals surface area (Å²) in [6, 6.07) is 11.1. The number of carbonyl (C=O) groups is 3. The predicted octanol–water partition coefficient (Wildman–Crippen LogP) is 5.75. The van der Waals surface area contributed by atoms with Gasteiger partial charge in [-0.2, -0.15) is 0 Å². The van der Waals surface area contributed by atoms with Crippen molar-refractivity contribution in [1.29, 1.82) is 0 Å². The van der Waals surface area contributed by atoms with Crippen LogP contribution >= 0.6 is 23.2 Å². The largest absolute Gasteiger partial charge is 0.463 e. The van der Waals surface area contributed by atoms with Gasteiger partial charge in [0.1, 0.15) is 12.6 Å². The van der Waals surface area contributed by atoms with Crippen LogP contribution in [0.4, 0.5) is 5.69 Å². The van der Waals surface area contributed by atoms with Gasteiger partial charge in [-0.25, -0.2) is 4.79 Å². The maximum atomic E-state index is 13.6. The number of hydrogen-bond acceptors (Lipinski definition) is 6. The lowest BCUT2D eigenvalue weighted by molar-refractivity contribution is -0.149. The Bertz CT molecular complexity index is 1140. The molecule has 41 heavy (non-hydrogen) atoms. The molecular formula is C31H41Cl2N3O5. The molecule has 1 fully saturated rings. The minimum absolute atomic E-state index is 0.127. The van der Waals surface area contributed by atoms with Crippen molar-refractivity contribution in [3.8, 4) is 0 Å². The molecule has 224 valence electrons. The summed E-state index contributed by atoms with van der Waals surface area (Å²) < 4.78 is 10.9. The number of benzene rings is 2. The molecule has 0 saturated heterocycles. The monoisotopic (exact) mass is 605 g/mol. The van der Waals surface area contributed by atoms with Gasteiger partial charge in [0.25, 0.3) is 5.91 Å². The van der Waals surface area contributed by atoms with Crippen molar-refractivity contribution in [1.82, 2.24) is 10.2 Å². The van der Waals surface area contributed by atoms with E-state index in [1.807, 2.05) is 12.1 Å². The van der Waals surface area contributed by atoms with Crippen LogP contribution in [-0.4, -0.2) is 68.7 Å². The molecule has 1 aliphatic rings. The SMILES string of the molecule is CCN(CC)CCOC(=O)[C@H](Cc1ccc(NC(=O)c2c(Cl)cccc2Cl)cc1)NC(=O)C1(CCOC)CCCC1. The first-order valence-electron chi connectivity index (χ1n) is 14.3. The summed E-state index contributed by atoms with van der Waals surface area (Å²) in [4.78, 5) is 41.7. The highest BCUT2D eigenvalue weighted by Gasteiger charge is 2.42. The van der Waals surface area contributed by atoms with Gasteiger partial charge in [0.05, 0.1) is 21.0 Å². The van der Waals surface area contributed by atoms with E-state index in [0.29, 0.717) is 25.3 Å². The Balaban J connectivity index is 1.72. The molecule has 1 aliphatic carbocycles. The Hall–Kier alpha value is -2.65. The summed E-state index contributed by atoms with van der Waals surface area (Å²) >= 11 is 12.3. The normalized spacial score (nSPS) is 15.0. The van der Waals surface area contributed by atoms with Crippen LogP contribution < -0.4 is 10.6 Å². The standard InChI is InChI=1S/C31H41Cl2N3O5/c1-4-36(5-2)18-20-41-29(38)26(35-30(39)31(17-19-40-3)15-6-7-16-31)21-22-11-13-23(14-12-22)34-28(37)27-24(32)9-8-10-25(27)33/h8-14,26H,4-7,15-21H2,1-3H3,(H,34,37)(H,35,39)/t26-/m0/s1. The third-order valence-electron chi connectivity index (χ3n) is 7.80. The quantitative estimate of drug-likeness (QED) is 0.251. The highest BCUT2D eigenvalue weighted by atomic mass is 35.5. The third kappa shape index (κ3) is 9.17. The van der Waals surface area contributed by atoms with Gasteiger partial charge in [0, 0.05) is 32.4 Å². The highest BCUT2D eigenvalue weighted by molar-refractivity contribution is 6.40. The summed E-state index contributed by atoms with van der Waals surface area (Å²) in [6.07, 6.45) is 4.36. The summed E-state index contributed by atoms with van der Waals surface area (Å²) in [5.41, 5.74) is 1.01. The van der Waals surface area contributed by atoms with Crippen molar-refractivity contribution in [2.24, 2.45) is 5.41 Å². The van der Waals surface area contributed by atoms with Gasteiger partial charge in [-0.15, -0.1) is 0 Å². The lowest BCUT2D eigenvalue weighted by Crippen LogP contribution is -2.49.